The van der Waals surface area contributed by atoms with Crippen LogP contribution in [-0.2, 0) is 4.79 Å². The third-order valence-electron chi connectivity index (χ3n) is 5.47. The number of halogens is 1. The molecule has 0 radical (unpaired) electrons. The predicted molar refractivity (Wildman–Crippen MR) is 144 cm³/mol. The second kappa shape index (κ2) is 10.2. The molecule has 0 bridgehead atoms. The van der Waals surface area contributed by atoms with Gasteiger partial charge in [-0.05, 0) is 81.1 Å². The second-order valence-electron chi connectivity index (χ2n) is 8.60. The summed E-state index contributed by atoms with van der Waals surface area (Å²) in [7, 11) is 0. The van der Waals surface area contributed by atoms with Crippen LogP contribution in [-0.4, -0.2) is 26.4 Å². The summed E-state index contributed by atoms with van der Waals surface area (Å²) in [5, 5.41) is 12.7. The Morgan fingerprint density at radius 3 is 2.09 bits per heavy atom. The number of hydrogen-bond donors (Lipinski definition) is 1. The fourth-order valence-corrected chi connectivity index (χ4v) is 5.16. The normalized spacial score (nSPS) is 11.0. The second-order valence-corrected chi connectivity index (χ2v) is 10.5. The van der Waals surface area contributed by atoms with E-state index >= 15 is 0 Å². The Morgan fingerprint density at radius 2 is 1.47 bits per heavy atom. The number of anilines is 1. The molecule has 4 aromatic rings. The van der Waals surface area contributed by atoms with E-state index < -0.39 is 0 Å². The highest BCUT2D eigenvalue weighted by Gasteiger charge is 2.18. The lowest BCUT2D eigenvalue weighted by molar-refractivity contribution is -0.113. The van der Waals surface area contributed by atoms with Crippen molar-refractivity contribution in [1.29, 1.82) is 0 Å². The lowest BCUT2D eigenvalue weighted by Crippen LogP contribution is -2.16. The van der Waals surface area contributed by atoms with Crippen molar-refractivity contribution in [3.05, 3.63) is 86.9 Å². The van der Waals surface area contributed by atoms with Crippen molar-refractivity contribution in [3.63, 3.8) is 0 Å². The van der Waals surface area contributed by atoms with Crippen LogP contribution in [0.1, 0.15) is 27.8 Å². The Hall–Kier alpha value is -2.90. The van der Waals surface area contributed by atoms with E-state index in [1.165, 1.54) is 17.3 Å². The highest BCUT2D eigenvalue weighted by molar-refractivity contribution is 9.10. The maximum Gasteiger partial charge on any atom is 0.234 e. The number of rotatable bonds is 6. The molecule has 0 saturated carbocycles. The molecule has 0 fully saturated rings. The van der Waals surface area contributed by atoms with Crippen LogP contribution < -0.4 is 5.32 Å². The quantitative estimate of drug-likeness (QED) is 0.271. The van der Waals surface area contributed by atoms with Crippen LogP contribution in [0.4, 0.5) is 5.69 Å². The third-order valence-corrected chi connectivity index (χ3v) is 6.93. The molecule has 1 heterocycles. The topological polar surface area (TPSA) is 59.8 Å². The fourth-order valence-electron chi connectivity index (χ4n) is 4.14. The minimum Gasteiger partial charge on any atom is -0.325 e. The molecule has 5 nitrogen and oxygen atoms in total. The number of aromatic nitrogens is 3. The van der Waals surface area contributed by atoms with Gasteiger partial charge in [-0.15, -0.1) is 10.2 Å². The first-order valence-corrected chi connectivity index (χ1v) is 12.8. The number of amides is 1. The van der Waals surface area contributed by atoms with Gasteiger partial charge in [0, 0.05) is 15.7 Å². The van der Waals surface area contributed by atoms with Crippen LogP contribution in [0.5, 0.6) is 0 Å². The molecule has 1 amide bonds. The first-order chi connectivity index (χ1) is 16.2. The zero-order valence-electron chi connectivity index (χ0n) is 19.9. The molecule has 1 N–H and O–H groups in total. The highest BCUT2D eigenvalue weighted by Crippen LogP contribution is 2.30. The molecule has 0 aliphatic carbocycles. The molecule has 1 aromatic heterocycles. The average molecular weight is 536 g/mol. The van der Waals surface area contributed by atoms with Crippen LogP contribution in [0.2, 0.25) is 0 Å². The number of hydrogen-bond acceptors (Lipinski definition) is 4. The number of carbonyl (C=O) groups is 1. The molecule has 0 spiro atoms. The summed E-state index contributed by atoms with van der Waals surface area (Å²) < 4.78 is 3.03. The van der Waals surface area contributed by atoms with Crippen LogP contribution in [0.15, 0.2) is 64.2 Å². The van der Waals surface area contributed by atoms with Crippen LogP contribution in [0.3, 0.4) is 0 Å². The van der Waals surface area contributed by atoms with Gasteiger partial charge in [-0.1, -0.05) is 63.6 Å². The molecule has 34 heavy (non-hydrogen) atoms. The number of aryl methyl sites for hydroxylation is 5. The van der Waals surface area contributed by atoms with Gasteiger partial charge in [0.05, 0.1) is 11.4 Å². The van der Waals surface area contributed by atoms with Gasteiger partial charge in [0.2, 0.25) is 5.91 Å². The van der Waals surface area contributed by atoms with E-state index in [9.17, 15) is 4.79 Å². The first-order valence-electron chi connectivity index (χ1n) is 11.0. The molecule has 4 rings (SSSR count). The van der Waals surface area contributed by atoms with Gasteiger partial charge >= 0.3 is 0 Å². The first kappa shape index (κ1) is 24.2. The Labute approximate surface area is 213 Å². The van der Waals surface area contributed by atoms with Gasteiger partial charge < -0.3 is 5.32 Å². The molecule has 0 unspecified atom stereocenters. The van der Waals surface area contributed by atoms with Crippen molar-refractivity contribution in [2.75, 3.05) is 11.1 Å². The molecule has 3 aromatic carbocycles. The molecule has 0 saturated heterocycles. The maximum absolute atomic E-state index is 12.9. The minimum absolute atomic E-state index is 0.0692. The number of benzene rings is 3. The smallest absolute Gasteiger partial charge is 0.234 e. The Kier molecular flexibility index (Phi) is 7.24. The van der Waals surface area contributed by atoms with Crippen molar-refractivity contribution < 1.29 is 4.79 Å². The number of thioether (sulfide) groups is 1. The van der Waals surface area contributed by atoms with E-state index in [1.54, 1.807) is 0 Å². The van der Waals surface area contributed by atoms with Gasteiger partial charge in [-0.3, -0.25) is 9.36 Å². The standard InChI is InChI=1S/C27H27BrN4OS/c1-16-10-17(2)14-23(13-16)32-26(21-6-8-22(28)9-7-21)30-31-27(32)34-15-24(33)29-25-19(4)11-18(3)12-20(25)5/h6-14H,15H2,1-5H3,(H,29,33). The SMILES string of the molecule is Cc1cc(C)cc(-n2c(SCC(=O)Nc3c(C)cc(C)cc3C)nnc2-c2ccc(Br)cc2)c1. The highest BCUT2D eigenvalue weighted by atomic mass is 79.9. The molecular formula is C27H27BrN4OS. The van der Waals surface area contributed by atoms with Crippen LogP contribution in [0, 0.1) is 34.6 Å². The summed E-state index contributed by atoms with van der Waals surface area (Å²) in [4.78, 5) is 12.9. The summed E-state index contributed by atoms with van der Waals surface area (Å²) in [6.45, 7) is 10.2. The number of nitrogens with one attached hydrogen (secondary N) is 1. The maximum atomic E-state index is 12.9. The van der Waals surface area contributed by atoms with Crippen molar-refractivity contribution in [3.8, 4) is 17.1 Å². The Morgan fingerprint density at radius 1 is 0.882 bits per heavy atom. The minimum atomic E-state index is -0.0692. The number of nitrogens with zero attached hydrogens (tertiary/aromatic N) is 3. The fraction of sp³-hybridized carbons (Fsp3) is 0.222. The molecule has 7 heteroatoms. The van der Waals surface area contributed by atoms with Gasteiger partial charge in [0.1, 0.15) is 0 Å². The zero-order chi connectivity index (χ0) is 24.4. The molecule has 0 aliphatic rings. The van der Waals surface area contributed by atoms with Crippen molar-refractivity contribution in [2.45, 2.75) is 39.8 Å². The van der Waals surface area contributed by atoms with E-state index in [-0.39, 0.29) is 11.7 Å². The summed E-state index contributed by atoms with van der Waals surface area (Å²) in [5.74, 6) is 0.904. The van der Waals surface area contributed by atoms with Gasteiger partial charge in [-0.25, -0.2) is 0 Å². The lowest BCUT2D eigenvalue weighted by Gasteiger charge is -2.14. The van der Waals surface area contributed by atoms with E-state index in [1.807, 2.05) is 42.7 Å². The monoisotopic (exact) mass is 534 g/mol. The van der Waals surface area contributed by atoms with E-state index in [2.05, 4.69) is 82.5 Å². The van der Waals surface area contributed by atoms with Crippen molar-refractivity contribution >= 4 is 39.3 Å². The summed E-state index contributed by atoms with van der Waals surface area (Å²) in [5.41, 5.74) is 8.44. The van der Waals surface area contributed by atoms with Gasteiger partial charge in [0.25, 0.3) is 0 Å². The summed E-state index contributed by atoms with van der Waals surface area (Å²) >= 11 is 4.88. The Balaban J connectivity index is 1.64. The average Bonchev–Trinajstić information content (AvgIpc) is 3.18. The van der Waals surface area contributed by atoms with Gasteiger partial charge in [0.15, 0.2) is 11.0 Å². The third kappa shape index (κ3) is 5.42. The predicted octanol–water partition coefficient (Wildman–Crippen LogP) is 6.97. The number of carbonyl (C=O) groups excluding carboxylic acids is 1. The molecule has 0 aliphatic heterocycles. The lowest BCUT2D eigenvalue weighted by atomic mass is 10.1. The summed E-state index contributed by atoms with van der Waals surface area (Å²) in [6.07, 6.45) is 0. The van der Waals surface area contributed by atoms with Crippen LogP contribution in [0.25, 0.3) is 17.1 Å². The Bertz CT molecular complexity index is 1320. The van der Waals surface area contributed by atoms with E-state index in [0.717, 1.165) is 49.5 Å². The largest absolute Gasteiger partial charge is 0.325 e. The molecular weight excluding hydrogens is 508 g/mol. The molecule has 0 atom stereocenters. The van der Waals surface area contributed by atoms with Gasteiger partial charge in [-0.2, -0.15) is 0 Å². The zero-order valence-corrected chi connectivity index (χ0v) is 22.3. The summed E-state index contributed by atoms with van der Waals surface area (Å²) in [6, 6.07) is 18.5. The molecule has 174 valence electrons. The van der Waals surface area contributed by atoms with E-state index in [4.69, 9.17) is 0 Å². The van der Waals surface area contributed by atoms with E-state index in [0.29, 0.717) is 5.16 Å². The van der Waals surface area contributed by atoms with Crippen molar-refractivity contribution in [2.24, 2.45) is 0 Å². The van der Waals surface area contributed by atoms with Crippen LogP contribution >= 0.6 is 27.7 Å². The van der Waals surface area contributed by atoms with Crippen molar-refractivity contribution in [1.82, 2.24) is 14.8 Å².